The van der Waals surface area contributed by atoms with Gasteiger partial charge in [-0.2, -0.15) is 0 Å². The van der Waals surface area contributed by atoms with Gasteiger partial charge in [-0.05, 0) is 51.5 Å². The zero-order chi connectivity index (χ0) is 20.1. The number of carbonyl (C=O) groups is 1. The number of hydrogen-bond acceptors (Lipinski definition) is 2. The van der Waals surface area contributed by atoms with Crippen LogP contribution in [-0.4, -0.2) is 21.5 Å². The van der Waals surface area contributed by atoms with E-state index in [0.29, 0.717) is 6.42 Å². The summed E-state index contributed by atoms with van der Waals surface area (Å²) in [5, 5.41) is 5.28. The normalized spacial score (nSPS) is 13.1. The number of hydrogen-bond donors (Lipinski definition) is 2. The molecule has 28 heavy (non-hydrogen) atoms. The van der Waals surface area contributed by atoms with Crippen molar-refractivity contribution in [2.45, 2.75) is 46.2 Å². The second-order valence-corrected chi connectivity index (χ2v) is 7.59. The van der Waals surface area contributed by atoms with Crippen molar-refractivity contribution in [1.29, 1.82) is 0 Å². The predicted octanol–water partition coefficient (Wildman–Crippen LogP) is 3.53. The first-order valence-corrected chi connectivity index (χ1v) is 9.73. The van der Waals surface area contributed by atoms with Crippen molar-refractivity contribution < 1.29 is 10.1 Å². The summed E-state index contributed by atoms with van der Waals surface area (Å²) in [5.74, 6) is 0.0540. The number of anilines is 1. The van der Waals surface area contributed by atoms with Gasteiger partial charge in [-0.3, -0.25) is 4.79 Å². The largest absolute Gasteiger partial charge is 0.338 e. The van der Waals surface area contributed by atoms with E-state index < -0.39 is 0 Å². The van der Waals surface area contributed by atoms with Crippen LogP contribution in [-0.2, 0) is 4.79 Å². The van der Waals surface area contributed by atoms with Gasteiger partial charge in [-0.25, -0.2) is 4.98 Å². The summed E-state index contributed by atoms with van der Waals surface area (Å²) in [6, 6.07) is 15.0. The number of aromatic nitrogens is 2. The molecule has 5 nitrogen and oxygen atoms in total. The van der Waals surface area contributed by atoms with E-state index in [-0.39, 0.29) is 18.0 Å². The standard InChI is InChI=1S/C23H28N4O/c1-16-5-10-22(17(2)13-16)26-23(28)14-18(3)25-19(4)20-6-8-21(9-7-20)27-12-11-24-15-27/h5-13,15,18-19,25H,14H2,1-4H3,(H,26,28)/p+1/t18-,19-/m1/s1. The molecule has 2 atom stereocenters. The molecule has 3 N–H and O–H groups in total. The number of aryl methyl sites for hydroxylation is 2. The van der Waals surface area contributed by atoms with Crippen molar-refractivity contribution in [3.05, 3.63) is 77.9 Å². The van der Waals surface area contributed by atoms with Crippen LogP contribution in [0.15, 0.2) is 61.2 Å². The number of quaternary nitrogens is 1. The van der Waals surface area contributed by atoms with Gasteiger partial charge in [-0.15, -0.1) is 0 Å². The Kier molecular flexibility index (Phi) is 6.26. The van der Waals surface area contributed by atoms with Crippen molar-refractivity contribution >= 4 is 11.6 Å². The van der Waals surface area contributed by atoms with Gasteiger partial charge in [0.2, 0.25) is 5.91 Å². The van der Waals surface area contributed by atoms with Crippen LogP contribution in [0.4, 0.5) is 5.69 Å². The summed E-state index contributed by atoms with van der Waals surface area (Å²) in [6.45, 7) is 8.34. The number of amides is 1. The molecule has 0 fully saturated rings. The summed E-state index contributed by atoms with van der Waals surface area (Å²) >= 11 is 0. The number of rotatable bonds is 7. The second kappa shape index (κ2) is 8.85. The van der Waals surface area contributed by atoms with E-state index in [2.05, 4.69) is 66.7 Å². The van der Waals surface area contributed by atoms with Crippen LogP contribution in [0.25, 0.3) is 5.69 Å². The molecule has 0 saturated heterocycles. The van der Waals surface area contributed by atoms with E-state index in [4.69, 9.17) is 0 Å². The fraction of sp³-hybridized carbons (Fsp3) is 0.304. The van der Waals surface area contributed by atoms with Gasteiger partial charge < -0.3 is 15.2 Å². The van der Waals surface area contributed by atoms with Gasteiger partial charge in [0.1, 0.15) is 6.04 Å². The van der Waals surface area contributed by atoms with E-state index in [1.807, 2.05) is 29.8 Å². The Bertz CT molecular complexity index is 916. The number of nitrogens with two attached hydrogens (primary N) is 1. The number of imidazole rings is 1. The molecule has 0 aliphatic heterocycles. The quantitative estimate of drug-likeness (QED) is 0.662. The van der Waals surface area contributed by atoms with Crippen molar-refractivity contribution in [1.82, 2.24) is 9.55 Å². The Labute approximate surface area is 166 Å². The Hall–Kier alpha value is -2.92. The predicted molar refractivity (Wildman–Crippen MR) is 113 cm³/mol. The lowest BCUT2D eigenvalue weighted by Gasteiger charge is -2.18. The van der Waals surface area contributed by atoms with Crippen LogP contribution in [0.5, 0.6) is 0 Å². The van der Waals surface area contributed by atoms with E-state index in [0.717, 1.165) is 16.9 Å². The van der Waals surface area contributed by atoms with Crippen LogP contribution in [0, 0.1) is 13.8 Å². The maximum Gasteiger partial charge on any atom is 0.230 e. The summed E-state index contributed by atoms with van der Waals surface area (Å²) in [7, 11) is 0. The highest BCUT2D eigenvalue weighted by atomic mass is 16.1. The third-order valence-electron chi connectivity index (χ3n) is 5.00. The van der Waals surface area contributed by atoms with Gasteiger partial charge >= 0.3 is 0 Å². The Morgan fingerprint density at radius 1 is 1.14 bits per heavy atom. The van der Waals surface area contributed by atoms with Crippen molar-refractivity contribution in [2.75, 3.05) is 5.32 Å². The molecule has 0 bridgehead atoms. The minimum Gasteiger partial charge on any atom is -0.338 e. The first-order chi connectivity index (χ1) is 13.4. The van der Waals surface area contributed by atoms with Gasteiger partial charge in [0.15, 0.2) is 0 Å². The van der Waals surface area contributed by atoms with Crippen molar-refractivity contribution in [3.63, 3.8) is 0 Å². The monoisotopic (exact) mass is 377 g/mol. The van der Waals surface area contributed by atoms with Gasteiger partial charge in [0, 0.05) is 29.3 Å². The van der Waals surface area contributed by atoms with Crippen LogP contribution in [0.3, 0.4) is 0 Å². The molecule has 1 aromatic heterocycles. The summed E-state index contributed by atoms with van der Waals surface area (Å²) in [5.41, 5.74) is 5.52. The molecule has 3 rings (SSSR count). The molecule has 0 aliphatic rings. The van der Waals surface area contributed by atoms with E-state index >= 15 is 0 Å². The molecule has 2 aromatic carbocycles. The summed E-state index contributed by atoms with van der Waals surface area (Å²) in [4.78, 5) is 16.5. The molecule has 1 amide bonds. The molecule has 0 unspecified atom stereocenters. The molecule has 1 heterocycles. The average molecular weight is 378 g/mol. The maximum absolute atomic E-state index is 12.4. The van der Waals surface area contributed by atoms with E-state index in [9.17, 15) is 4.79 Å². The first kappa shape index (κ1) is 19.8. The number of benzene rings is 2. The van der Waals surface area contributed by atoms with E-state index in [1.54, 1.807) is 12.5 Å². The maximum atomic E-state index is 12.4. The lowest BCUT2D eigenvalue weighted by atomic mass is 10.1. The molecule has 0 radical (unpaired) electrons. The number of carbonyl (C=O) groups excluding carboxylic acids is 1. The molecule has 146 valence electrons. The Balaban J connectivity index is 1.53. The zero-order valence-corrected chi connectivity index (χ0v) is 17.0. The molecular weight excluding hydrogens is 348 g/mol. The highest BCUT2D eigenvalue weighted by Gasteiger charge is 2.17. The van der Waals surface area contributed by atoms with Gasteiger partial charge in [-0.1, -0.05) is 29.8 Å². The van der Waals surface area contributed by atoms with Crippen molar-refractivity contribution in [2.24, 2.45) is 0 Å². The first-order valence-electron chi connectivity index (χ1n) is 9.73. The molecule has 0 saturated carbocycles. The molecule has 0 spiro atoms. The van der Waals surface area contributed by atoms with Crippen LogP contribution >= 0.6 is 0 Å². The lowest BCUT2D eigenvalue weighted by Crippen LogP contribution is -2.89. The minimum absolute atomic E-state index is 0.0540. The SMILES string of the molecule is Cc1ccc(NC(=O)C[C@@H](C)[NH2+][C@H](C)c2ccc(-n3ccnc3)cc2)c(C)c1. The number of nitrogens with zero attached hydrogens (tertiary/aromatic N) is 2. The smallest absolute Gasteiger partial charge is 0.230 e. The molecule has 5 heteroatoms. The van der Waals surface area contributed by atoms with Crippen molar-refractivity contribution in [3.8, 4) is 5.69 Å². The highest BCUT2D eigenvalue weighted by Crippen LogP contribution is 2.17. The minimum atomic E-state index is 0.0540. The fourth-order valence-electron chi connectivity index (χ4n) is 3.48. The number of nitrogens with one attached hydrogen (secondary N) is 1. The highest BCUT2D eigenvalue weighted by molar-refractivity contribution is 5.91. The Morgan fingerprint density at radius 3 is 2.54 bits per heavy atom. The Morgan fingerprint density at radius 2 is 1.89 bits per heavy atom. The summed E-state index contributed by atoms with van der Waals surface area (Å²) < 4.78 is 1.98. The lowest BCUT2D eigenvalue weighted by molar-refractivity contribution is -0.721. The molecule has 0 aliphatic carbocycles. The van der Waals surface area contributed by atoms with Crippen LogP contribution in [0.1, 0.15) is 43.0 Å². The summed E-state index contributed by atoms with van der Waals surface area (Å²) in [6.07, 6.45) is 5.97. The topological polar surface area (TPSA) is 63.5 Å². The third kappa shape index (κ3) is 5.08. The second-order valence-electron chi connectivity index (χ2n) is 7.59. The van der Waals surface area contributed by atoms with Crippen LogP contribution < -0.4 is 10.6 Å². The van der Waals surface area contributed by atoms with Gasteiger partial charge in [0.05, 0.1) is 18.8 Å². The van der Waals surface area contributed by atoms with E-state index in [1.165, 1.54) is 11.1 Å². The fourth-order valence-corrected chi connectivity index (χ4v) is 3.48. The zero-order valence-electron chi connectivity index (χ0n) is 17.0. The van der Waals surface area contributed by atoms with Gasteiger partial charge in [0.25, 0.3) is 0 Å². The van der Waals surface area contributed by atoms with Crippen LogP contribution in [0.2, 0.25) is 0 Å². The molecular formula is C23H29N4O+. The third-order valence-corrected chi connectivity index (χ3v) is 5.00. The molecule has 3 aromatic rings. The average Bonchev–Trinajstić information content (AvgIpc) is 3.18.